The van der Waals surface area contributed by atoms with Crippen LogP contribution in [-0.2, 0) is 20.5 Å². The Kier molecular flexibility index (Phi) is 5.40. The van der Waals surface area contributed by atoms with E-state index in [0.717, 1.165) is 52.8 Å². The minimum Gasteiger partial charge on any atom is -0.341 e. The minimum absolute atomic E-state index is 0.00538. The van der Waals surface area contributed by atoms with E-state index < -0.39 is 6.43 Å². The molecule has 2 aromatic carbocycles. The van der Waals surface area contributed by atoms with Gasteiger partial charge in [0.05, 0.1) is 17.1 Å². The minimum atomic E-state index is -2.61. The fourth-order valence-corrected chi connectivity index (χ4v) is 4.92. The van der Waals surface area contributed by atoms with E-state index >= 15 is 0 Å². The molecule has 174 valence electrons. The van der Waals surface area contributed by atoms with Crippen LogP contribution in [-0.4, -0.2) is 20.9 Å². The maximum absolute atomic E-state index is 14.2. The van der Waals surface area contributed by atoms with Crippen LogP contribution >= 0.6 is 0 Å². The van der Waals surface area contributed by atoms with Gasteiger partial charge in [-0.2, -0.15) is 5.10 Å². The predicted octanol–water partition coefficient (Wildman–Crippen LogP) is 5.68. The van der Waals surface area contributed by atoms with Crippen LogP contribution < -0.4 is 10.5 Å². The van der Waals surface area contributed by atoms with Crippen LogP contribution in [0.2, 0.25) is 0 Å². The quantitative estimate of drug-likeness (QED) is 0.393. The van der Waals surface area contributed by atoms with E-state index in [4.69, 9.17) is 0 Å². The van der Waals surface area contributed by atoms with Gasteiger partial charge in [0, 0.05) is 55.4 Å². The standard InChI is InChI=1S/C27H26F2N4O/c1-16(2)21-12-20(10-18-7-8-25(34)32(4)26(18)21)33-9-5-6-17-11-22(19-14-30-31(3)15-19)23(27(28)29)13-24(17)33/h10-16,27H,5-6,9H2,1-4H3. The van der Waals surface area contributed by atoms with Gasteiger partial charge < -0.3 is 9.47 Å². The molecule has 1 aliphatic rings. The molecule has 0 unspecified atom stereocenters. The highest BCUT2D eigenvalue weighted by molar-refractivity contribution is 5.87. The SMILES string of the molecule is CC(C)c1cc(N2CCCc3cc(-c4cnn(C)c4)c(C(F)F)cc32)cc2c#cc(=O)n(C)c12. The maximum Gasteiger partial charge on any atom is 0.303 e. The molecule has 0 aliphatic carbocycles. The molecule has 0 atom stereocenters. The Morgan fingerprint density at radius 2 is 1.85 bits per heavy atom. The first-order chi connectivity index (χ1) is 16.2. The van der Waals surface area contributed by atoms with Crippen molar-refractivity contribution in [1.82, 2.24) is 14.3 Å². The fraction of sp³-hybridized carbons (Fsp3) is 0.333. The molecule has 0 fully saturated rings. The number of hydrogen-bond donors (Lipinski definition) is 0. The van der Waals surface area contributed by atoms with Crippen LogP contribution in [0, 0.1) is 12.1 Å². The number of alkyl halides is 2. The lowest BCUT2D eigenvalue weighted by atomic mass is 9.92. The van der Waals surface area contributed by atoms with Gasteiger partial charge in [-0.3, -0.25) is 9.48 Å². The summed E-state index contributed by atoms with van der Waals surface area (Å²) < 4.78 is 31.6. The van der Waals surface area contributed by atoms with E-state index in [1.165, 1.54) is 0 Å². The molecule has 0 saturated heterocycles. The maximum atomic E-state index is 14.2. The molecule has 7 heteroatoms. The van der Waals surface area contributed by atoms with Crippen molar-refractivity contribution in [2.24, 2.45) is 14.1 Å². The number of aromatic nitrogens is 3. The molecular weight excluding hydrogens is 434 g/mol. The van der Waals surface area contributed by atoms with Crippen molar-refractivity contribution in [3.05, 3.63) is 75.8 Å². The zero-order valence-corrected chi connectivity index (χ0v) is 19.7. The van der Waals surface area contributed by atoms with E-state index in [1.807, 2.05) is 12.1 Å². The third-order valence-corrected chi connectivity index (χ3v) is 6.62. The Morgan fingerprint density at radius 1 is 1.06 bits per heavy atom. The fourth-order valence-electron chi connectivity index (χ4n) is 4.92. The predicted molar refractivity (Wildman–Crippen MR) is 130 cm³/mol. The summed E-state index contributed by atoms with van der Waals surface area (Å²) in [7, 11) is 3.52. The van der Waals surface area contributed by atoms with Crippen molar-refractivity contribution in [3.63, 3.8) is 0 Å². The van der Waals surface area contributed by atoms with E-state index in [2.05, 4.69) is 42.0 Å². The van der Waals surface area contributed by atoms with Crippen molar-refractivity contribution in [1.29, 1.82) is 0 Å². The number of rotatable bonds is 4. The highest BCUT2D eigenvalue weighted by Gasteiger charge is 2.25. The van der Waals surface area contributed by atoms with Crippen LogP contribution in [0.25, 0.3) is 22.0 Å². The van der Waals surface area contributed by atoms with Gasteiger partial charge in [0.2, 0.25) is 0 Å². The van der Waals surface area contributed by atoms with Crippen molar-refractivity contribution in [3.8, 4) is 11.1 Å². The van der Waals surface area contributed by atoms with E-state index in [9.17, 15) is 13.6 Å². The first-order valence-electron chi connectivity index (χ1n) is 11.4. The number of hydrogen-bond acceptors (Lipinski definition) is 3. The lowest BCUT2D eigenvalue weighted by Gasteiger charge is -2.33. The summed E-state index contributed by atoms with van der Waals surface area (Å²) in [5.41, 5.74) is 5.61. The Morgan fingerprint density at radius 3 is 2.53 bits per heavy atom. The van der Waals surface area contributed by atoms with E-state index in [-0.39, 0.29) is 17.0 Å². The summed E-state index contributed by atoms with van der Waals surface area (Å²) in [6, 6.07) is 13.3. The van der Waals surface area contributed by atoms with Crippen molar-refractivity contribution >= 4 is 22.3 Å². The molecule has 5 rings (SSSR count). The van der Waals surface area contributed by atoms with Gasteiger partial charge in [0.15, 0.2) is 0 Å². The first-order valence-corrected chi connectivity index (χ1v) is 11.4. The molecule has 0 N–H and O–H groups in total. The zero-order chi connectivity index (χ0) is 24.1. The molecule has 0 amide bonds. The monoisotopic (exact) mass is 460 g/mol. The first kappa shape index (κ1) is 22.1. The van der Waals surface area contributed by atoms with Crippen molar-refractivity contribution in [2.45, 2.75) is 39.0 Å². The molecule has 4 aromatic rings. The number of benzene rings is 2. The molecular formula is C27H26F2N4O. The van der Waals surface area contributed by atoms with Gasteiger partial charge in [-0.1, -0.05) is 19.9 Å². The molecule has 5 nitrogen and oxygen atoms in total. The molecule has 0 bridgehead atoms. The molecule has 0 spiro atoms. The smallest absolute Gasteiger partial charge is 0.303 e. The number of halogens is 2. The lowest BCUT2D eigenvalue weighted by molar-refractivity contribution is 0.152. The van der Waals surface area contributed by atoms with Gasteiger partial charge in [-0.05, 0) is 59.7 Å². The zero-order valence-electron chi connectivity index (χ0n) is 19.7. The average Bonchev–Trinajstić information content (AvgIpc) is 3.25. The van der Waals surface area contributed by atoms with Crippen LogP contribution in [0.3, 0.4) is 0 Å². The van der Waals surface area contributed by atoms with Crippen molar-refractivity contribution in [2.75, 3.05) is 11.4 Å². The second-order valence-electron chi connectivity index (χ2n) is 9.23. The summed E-state index contributed by atoms with van der Waals surface area (Å²) in [4.78, 5) is 14.3. The second-order valence-corrected chi connectivity index (χ2v) is 9.23. The number of anilines is 2. The van der Waals surface area contributed by atoms with Gasteiger partial charge >= 0.3 is 5.56 Å². The topological polar surface area (TPSA) is 43.1 Å². The largest absolute Gasteiger partial charge is 0.341 e. The molecule has 2 aromatic heterocycles. The third kappa shape index (κ3) is 3.63. The third-order valence-electron chi connectivity index (χ3n) is 6.62. The van der Waals surface area contributed by atoms with Crippen LogP contribution in [0.5, 0.6) is 0 Å². The van der Waals surface area contributed by atoms with E-state index in [0.29, 0.717) is 11.1 Å². The van der Waals surface area contributed by atoms with Crippen LogP contribution in [0.15, 0.2) is 41.5 Å². The van der Waals surface area contributed by atoms with Gasteiger partial charge in [0.25, 0.3) is 6.43 Å². The Hall–Kier alpha value is -3.66. The van der Waals surface area contributed by atoms with Gasteiger partial charge in [-0.25, -0.2) is 8.78 Å². The second kappa shape index (κ2) is 8.28. The molecule has 3 heterocycles. The van der Waals surface area contributed by atoms with Gasteiger partial charge in [-0.15, -0.1) is 0 Å². The van der Waals surface area contributed by atoms with Gasteiger partial charge in [0.1, 0.15) is 0 Å². The number of fused-ring (bicyclic) bond motifs is 2. The molecule has 1 aliphatic heterocycles. The Bertz CT molecular complexity index is 1450. The Balaban J connectivity index is 1.70. The van der Waals surface area contributed by atoms with Crippen LogP contribution in [0.4, 0.5) is 20.2 Å². The highest BCUT2D eigenvalue weighted by atomic mass is 19.3. The number of nitrogens with zero attached hydrogens (tertiary/aromatic N) is 4. The molecule has 0 saturated carbocycles. The molecule has 0 radical (unpaired) electrons. The normalized spacial score (nSPS) is 13.6. The Labute approximate surface area is 197 Å². The summed E-state index contributed by atoms with van der Waals surface area (Å²) in [5.74, 6) is 0.165. The lowest BCUT2D eigenvalue weighted by Crippen LogP contribution is -2.25. The van der Waals surface area contributed by atoms with Crippen LogP contribution in [0.1, 0.15) is 49.3 Å². The number of aryl methyl sites for hydroxylation is 3. The summed E-state index contributed by atoms with van der Waals surface area (Å²) in [6.07, 6.45) is 2.52. The summed E-state index contributed by atoms with van der Waals surface area (Å²) >= 11 is 0. The van der Waals surface area contributed by atoms with Crippen molar-refractivity contribution < 1.29 is 8.78 Å². The molecule has 34 heavy (non-hydrogen) atoms. The average molecular weight is 461 g/mol. The van der Waals surface area contributed by atoms with E-state index in [1.54, 1.807) is 41.8 Å². The highest BCUT2D eigenvalue weighted by Crippen LogP contribution is 2.42. The summed E-state index contributed by atoms with van der Waals surface area (Å²) in [6.45, 7) is 4.89. The summed E-state index contributed by atoms with van der Waals surface area (Å²) in [5, 5.41) is 4.96.